The van der Waals surface area contributed by atoms with E-state index in [1.54, 1.807) is 0 Å². The Labute approximate surface area is 91.8 Å². The number of nitrogens with zero attached hydrogens (tertiary/aromatic N) is 1. The highest BCUT2D eigenvalue weighted by Gasteiger charge is 2.25. The van der Waals surface area contributed by atoms with Crippen LogP contribution in [-0.2, 0) is 11.2 Å². The third kappa shape index (κ3) is 1.79. The molecule has 0 bridgehead atoms. The number of fused-ring (bicyclic) bond motifs is 1. The Morgan fingerprint density at radius 1 is 1.69 bits per heavy atom. The molecule has 1 aliphatic heterocycles. The minimum Gasteiger partial charge on any atom is -0.489 e. The van der Waals surface area contributed by atoms with Gasteiger partial charge in [-0.25, -0.2) is 9.78 Å². The zero-order valence-corrected chi connectivity index (χ0v) is 8.73. The number of carbonyl (C=O) groups is 1. The maximum Gasteiger partial charge on any atom is 0.358 e. The van der Waals surface area contributed by atoms with E-state index in [2.05, 4.69) is 4.98 Å². The van der Waals surface area contributed by atoms with E-state index in [0.717, 1.165) is 5.56 Å². The molecule has 2 rings (SSSR count). The number of aromatic carboxylic acids is 1. The molecule has 0 unspecified atom stereocenters. The van der Waals surface area contributed by atoms with Gasteiger partial charge < -0.3 is 19.3 Å². The molecular formula is C10H11NO5. The van der Waals surface area contributed by atoms with E-state index in [1.807, 2.05) is 0 Å². The molecule has 0 radical (unpaired) electrons. The van der Waals surface area contributed by atoms with Crippen molar-refractivity contribution in [3.05, 3.63) is 17.5 Å². The number of rotatable bonds is 4. The average molecular weight is 225 g/mol. The number of aromatic nitrogens is 1. The van der Waals surface area contributed by atoms with Crippen LogP contribution in [0.4, 0.5) is 0 Å². The summed E-state index contributed by atoms with van der Waals surface area (Å²) in [6.07, 6.45) is 2.22. The quantitative estimate of drug-likeness (QED) is 0.760. The molecule has 0 spiro atoms. The maximum atomic E-state index is 10.9. The van der Waals surface area contributed by atoms with Gasteiger partial charge in [0.25, 0.3) is 0 Å². The molecule has 1 aliphatic rings. The molecule has 6 nitrogen and oxygen atoms in total. The SMILES string of the molecule is COCOc1c(C(=O)O)ncc2c1OCC2. The summed E-state index contributed by atoms with van der Waals surface area (Å²) < 4.78 is 15.3. The number of ether oxygens (including phenoxy) is 3. The van der Waals surface area contributed by atoms with E-state index in [4.69, 9.17) is 19.3 Å². The second kappa shape index (κ2) is 4.36. The van der Waals surface area contributed by atoms with Gasteiger partial charge in [-0.1, -0.05) is 0 Å². The molecule has 0 atom stereocenters. The molecule has 2 heterocycles. The number of hydrogen-bond acceptors (Lipinski definition) is 5. The van der Waals surface area contributed by atoms with Gasteiger partial charge in [0.2, 0.25) is 0 Å². The summed E-state index contributed by atoms with van der Waals surface area (Å²) >= 11 is 0. The number of carboxylic acid groups (broad SMARTS) is 1. The second-order valence-corrected chi connectivity index (χ2v) is 3.24. The molecule has 16 heavy (non-hydrogen) atoms. The van der Waals surface area contributed by atoms with Crippen LogP contribution in [0.25, 0.3) is 0 Å². The summed E-state index contributed by atoms with van der Waals surface area (Å²) in [7, 11) is 1.46. The van der Waals surface area contributed by atoms with E-state index in [1.165, 1.54) is 13.3 Å². The van der Waals surface area contributed by atoms with Gasteiger partial charge in [-0.3, -0.25) is 0 Å². The normalized spacial score (nSPS) is 13.1. The third-order valence-corrected chi connectivity index (χ3v) is 2.20. The van der Waals surface area contributed by atoms with Crippen molar-refractivity contribution < 1.29 is 24.1 Å². The number of carboxylic acids is 1. The van der Waals surface area contributed by atoms with Crippen LogP contribution in [0.5, 0.6) is 11.5 Å². The standard InChI is InChI=1S/C10H11NO5/c1-14-5-16-9-7(10(12)13)11-4-6-2-3-15-8(6)9/h4H,2-3,5H2,1H3,(H,12,13). The smallest absolute Gasteiger partial charge is 0.358 e. The molecular weight excluding hydrogens is 214 g/mol. The fourth-order valence-corrected chi connectivity index (χ4v) is 1.52. The fraction of sp³-hybridized carbons (Fsp3) is 0.400. The monoisotopic (exact) mass is 225 g/mol. The van der Waals surface area contributed by atoms with Gasteiger partial charge in [-0.2, -0.15) is 0 Å². The molecule has 0 amide bonds. The molecule has 86 valence electrons. The van der Waals surface area contributed by atoms with Crippen LogP contribution in [-0.4, -0.2) is 36.6 Å². The molecule has 1 N–H and O–H groups in total. The predicted molar refractivity (Wildman–Crippen MR) is 52.9 cm³/mol. The van der Waals surface area contributed by atoms with Gasteiger partial charge >= 0.3 is 5.97 Å². The summed E-state index contributed by atoms with van der Waals surface area (Å²) in [6, 6.07) is 0. The average Bonchev–Trinajstić information content (AvgIpc) is 2.73. The Kier molecular flexibility index (Phi) is 2.91. The lowest BCUT2D eigenvalue weighted by molar-refractivity contribution is 0.0458. The highest BCUT2D eigenvalue weighted by molar-refractivity contribution is 5.90. The topological polar surface area (TPSA) is 77.9 Å². The molecule has 0 saturated carbocycles. The van der Waals surface area contributed by atoms with Crippen molar-refractivity contribution in [2.45, 2.75) is 6.42 Å². The van der Waals surface area contributed by atoms with E-state index < -0.39 is 5.97 Å². The second-order valence-electron chi connectivity index (χ2n) is 3.24. The Bertz CT molecular complexity index is 418. The van der Waals surface area contributed by atoms with Crippen LogP contribution in [0.3, 0.4) is 0 Å². The highest BCUT2D eigenvalue weighted by Crippen LogP contribution is 2.37. The first-order chi connectivity index (χ1) is 7.74. The first-order valence-corrected chi connectivity index (χ1v) is 4.73. The van der Waals surface area contributed by atoms with Gasteiger partial charge in [0, 0.05) is 25.3 Å². The lowest BCUT2D eigenvalue weighted by atomic mass is 10.2. The van der Waals surface area contributed by atoms with Crippen molar-refractivity contribution in [2.24, 2.45) is 0 Å². The van der Waals surface area contributed by atoms with Gasteiger partial charge in [-0.05, 0) is 0 Å². The zero-order chi connectivity index (χ0) is 11.5. The number of hydrogen-bond donors (Lipinski definition) is 1. The lowest BCUT2D eigenvalue weighted by Gasteiger charge is -2.11. The van der Waals surface area contributed by atoms with Crippen molar-refractivity contribution in [3.63, 3.8) is 0 Å². The molecule has 0 aromatic carbocycles. The van der Waals surface area contributed by atoms with Crippen LogP contribution in [0.2, 0.25) is 0 Å². The van der Waals surface area contributed by atoms with E-state index in [-0.39, 0.29) is 18.2 Å². The van der Waals surface area contributed by atoms with E-state index >= 15 is 0 Å². The molecule has 6 heteroatoms. The third-order valence-electron chi connectivity index (χ3n) is 2.20. The Balaban J connectivity index is 2.42. The van der Waals surface area contributed by atoms with Crippen LogP contribution in [0.1, 0.15) is 16.1 Å². The fourth-order valence-electron chi connectivity index (χ4n) is 1.52. The van der Waals surface area contributed by atoms with Crippen LogP contribution in [0.15, 0.2) is 6.20 Å². The Morgan fingerprint density at radius 2 is 2.50 bits per heavy atom. The number of pyridine rings is 1. The largest absolute Gasteiger partial charge is 0.489 e. The summed E-state index contributed by atoms with van der Waals surface area (Å²) in [4.78, 5) is 14.8. The van der Waals surface area contributed by atoms with Gasteiger partial charge in [0.05, 0.1) is 6.61 Å². The van der Waals surface area contributed by atoms with Gasteiger partial charge in [0.1, 0.15) is 0 Å². The molecule has 0 fully saturated rings. The highest BCUT2D eigenvalue weighted by atomic mass is 16.7. The minimum atomic E-state index is -1.15. The van der Waals surface area contributed by atoms with Crippen molar-refractivity contribution >= 4 is 5.97 Å². The zero-order valence-electron chi connectivity index (χ0n) is 8.73. The van der Waals surface area contributed by atoms with Crippen LogP contribution in [0, 0.1) is 0 Å². The Morgan fingerprint density at radius 3 is 3.19 bits per heavy atom. The van der Waals surface area contributed by atoms with Crippen molar-refractivity contribution in [1.29, 1.82) is 0 Å². The Hall–Kier alpha value is -1.82. The van der Waals surface area contributed by atoms with Gasteiger partial charge in [0.15, 0.2) is 24.0 Å². The predicted octanol–water partition coefficient (Wildman–Crippen LogP) is 0.697. The number of methoxy groups -OCH3 is 1. The molecule has 1 aromatic rings. The summed E-state index contributed by atoms with van der Waals surface area (Å²) in [5.41, 5.74) is 0.703. The summed E-state index contributed by atoms with van der Waals surface area (Å²) in [5.74, 6) is -0.543. The van der Waals surface area contributed by atoms with Crippen molar-refractivity contribution in [1.82, 2.24) is 4.98 Å². The van der Waals surface area contributed by atoms with E-state index in [9.17, 15) is 4.79 Å². The molecule has 0 saturated heterocycles. The van der Waals surface area contributed by atoms with E-state index in [0.29, 0.717) is 18.8 Å². The van der Waals surface area contributed by atoms with Crippen LogP contribution >= 0.6 is 0 Å². The first kappa shape index (κ1) is 10.7. The van der Waals surface area contributed by atoms with Gasteiger partial charge in [-0.15, -0.1) is 0 Å². The van der Waals surface area contributed by atoms with Crippen molar-refractivity contribution in [2.75, 3.05) is 20.5 Å². The molecule has 1 aromatic heterocycles. The summed E-state index contributed by atoms with van der Waals surface area (Å²) in [6.45, 7) is 0.477. The first-order valence-electron chi connectivity index (χ1n) is 4.73. The summed E-state index contributed by atoms with van der Waals surface area (Å²) in [5, 5.41) is 8.96. The maximum absolute atomic E-state index is 10.9. The van der Waals surface area contributed by atoms with Crippen molar-refractivity contribution in [3.8, 4) is 11.5 Å². The molecule has 0 aliphatic carbocycles. The lowest BCUT2D eigenvalue weighted by Crippen LogP contribution is -2.09. The van der Waals surface area contributed by atoms with Crippen LogP contribution < -0.4 is 9.47 Å². The minimum absolute atomic E-state index is 0.0399.